The van der Waals surface area contributed by atoms with E-state index in [2.05, 4.69) is 28.2 Å². The summed E-state index contributed by atoms with van der Waals surface area (Å²) in [7, 11) is 0. The van der Waals surface area contributed by atoms with Crippen LogP contribution in [0.1, 0.15) is 31.4 Å². The molecule has 0 aromatic heterocycles. The highest BCUT2D eigenvalue weighted by molar-refractivity contribution is 9.10. The van der Waals surface area contributed by atoms with Gasteiger partial charge in [-0.15, -0.1) is 0 Å². The average Bonchev–Trinajstić information content (AvgIpc) is 2.29. The van der Waals surface area contributed by atoms with Gasteiger partial charge in [-0.2, -0.15) is 13.2 Å². The Morgan fingerprint density at radius 2 is 1.94 bits per heavy atom. The fourth-order valence-corrected chi connectivity index (χ4v) is 2.34. The first-order valence-corrected chi connectivity index (χ1v) is 6.76. The predicted molar refractivity (Wildman–Crippen MR) is 70.6 cm³/mol. The number of hydrogen-bond acceptors (Lipinski definition) is 1. The Kier molecular flexibility index (Phi) is 5.66. The van der Waals surface area contributed by atoms with E-state index in [0.29, 0.717) is 10.5 Å². The molecule has 0 amide bonds. The van der Waals surface area contributed by atoms with Gasteiger partial charge in [0.2, 0.25) is 0 Å². The highest BCUT2D eigenvalue weighted by Crippen LogP contribution is 2.32. The van der Waals surface area contributed by atoms with Crippen LogP contribution in [-0.4, -0.2) is 12.6 Å². The van der Waals surface area contributed by atoms with Crippen LogP contribution < -0.4 is 5.32 Å². The van der Waals surface area contributed by atoms with E-state index in [4.69, 9.17) is 0 Å². The lowest BCUT2D eigenvalue weighted by molar-refractivity contribution is -0.137. The molecular weight excluding hydrogens is 307 g/mol. The molecule has 1 rings (SSSR count). The van der Waals surface area contributed by atoms with Gasteiger partial charge in [0, 0.05) is 10.5 Å². The Labute approximate surface area is 114 Å². The van der Waals surface area contributed by atoms with Crippen LogP contribution in [0.15, 0.2) is 22.7 Å². The summed E-state index contributed by atoms with van der Waals surface area (Å²) in [5.74, 6) is 0. The molecule has 1 unspecified atom stereocenters. The third-order valence-corrected chi connectivity index (χ3v) is 3.57. The molecule has 5 heteroatoms. The molecule has 0 aliphatic carbocycles. The van der Waals surface area contributed by atoms with Crippen LogP contribution in [0.2, 0.25) is 0 Å². The quantitative estimate of drug-likeness (QED) is 0.846. The Bertz CT molecular complexity index is 390. The highest BCUT2D eigenvalue weighted by atomic mass is 79.9. The first kappa shape index (κ1) is 15.5. The third-order valence-electron chi connectivity index (χ3n) is 2.83. The summed E-state index contributed by atoms with van der Waals surface area (Å²) in [5.41, 5.74) is 0.283. The number of likely N-dealkylation sites (N-methyl/N-ethyl adjacent to an activating group) is 1. The van der Waals surface area contributed by atoms with Crippen molar-refractivity contribution in [3.63, 3.8) is 0 Å². The van der Waals surface area contributed by atoms with Crippen LogP contribution in [-0.2, 0) is 12.6 Å². The van der Waals surface area contributed by atoms with Gasteiger partial charge in [-0.25, -0.2) is 0 Å². The minimum Gasteiger partial charge on any atom is -0.314 e. The highest BCUT2D eigenvalue weighted by Gasteiger charge is 2.30. The van der Waals surface area contributed by atoms with Crippen molar-refractivity contribution in [2.45, 2.75) is 38.9 Å². The fourth-order valence-electron chi connectivity index (χ4n) is 1.80. The smallest absolute Gasteiger partial charge is 0.314 e. The zero-order valence-electron chi connectivity index (χ0n) is 10.4. The van der Waals surface area contributed by atoms with E-state index in [1.165, 1.54) is 0 Å². The standard InChI is InChI=1S/C13H17BrF3N/c1-3-11(18-4-2)7-9-5-6-10(8-12(9)14)13(15,16)17/h5-6,8,11,18H,3-4,7H2,1-2H3. The molecule has 0 aliphatic rings. The SMILES string of the molecule is CCNC(CC)Cc1ccc(C(F)(F)F)cc1Br. The van der Waals surface area contributed by atoms with Gasteiger partial charge in [-0.3, -0.25) is 0 Å². The maximum Gasteiger partial charge on any atom is 0.416 e. The maximum atomic E-state index is 12.5. The van der Waals surface area contributed by atoms with Gasteiger partial charge >= 0.3 is 6.18 Å². The van der Waals surface area contributed by atoms with E-state index in [-0.39, 0.29) is 0 Å². The van der Waals surface area contributed by atoms with Gasteiger partial charge in [0.1, 0.15) is 0 Å². The third kappa shape index (κ3) is 4.28. The van der Waals surface area contributed by atoms with Gasteiger partial charge in [-0.05, 0) is 37.1 Å². The number of halogens is 4. The van der Waals surface area contributed by atoms with Crippen molar-refractivity contribution >= 4 is 15.9 Å². The van der Waals surface area contributed by atoms with Crippen LogP contribution in [0.25, 0.3) is 0 Å². The summed E-state index contributed by atoms with van der Waals surface area (Å²) < 4.78 is 38.1. The number of rotatable bonds is 5. The molecular formula is C13H17BrF3N. The van der Waals surface area contributed by atoms with Crippen LogP contribution in [0.4, 0.5) is 13.2 Å². The summed E-state index contributed by atoms with van der Waals surface area (Å²) in [5, 5.41) is 3.31. The molecule has 102 valence electrons. The zero-order chi connectivity index (χ0) is 13.8. The molecule has 0 fully saturated rings. The summed E-state index contributed by atoms with van der Waals surface area (Å²) in [6, 6.07) is 4.13. The topological polar surface area (TPSA) is 12.0 Å². The van der Waals surface area contributed by atoms with E-state index < -0.39 is 11.7 Å². The van der Waals surface area contributed by atoms with Crippen LogP contribution in [0.5, 0.6) is 0 Å². The maximum absolute atomic E-state index is 12.5. The summed E-state index contributed by atoms with van der Waals surface area (Å²) >= 11 is 3.22. The fraction of sp³-hybridized carbons (Fsp3) is 0.538. The van der Waals surface area contributed by atoms with Crippen molar-refractivity contribution in [3.8, 4) is 0 Å². The molecule has 1 aromatic rings. The normalized spacial score (nSPS) is 13.7. The molecule has 1 atom stereocenters. The zero-order valence-corrected chi connectivity index (χ0v) is 12.0. The van der Waals surface area contributed by atoms with Crippen molar-refractivity contribution in [2.75, 3.05) is 6.54 Å². The van der Waals surface area contributed by atoms with Crippen molar-refractivity contribution < 1.29 is 13.2 Å². The molecule has 1 nitrogen and oxygen atoms in total. The van der Waals surface area contributed by atoms with Crippen molar-refractivity contribution in [1.82, 2.24) is 5.32 Å². The number of nitrogens with one attached hydrogen (secondary N) is 1. The molecule has 0 spiro atoms. The Morgan fingerprint density at radius 3 is 2.39 bits per heavy atom. The summed E-state index contributed by atoms with van der Waals surface area (Å²) in [6.07, 6.45) is -2.61. The van der Waals surface area contributed by atoms with E-state index >= 15 is 0 Å². The number of alkyl halides is 3. The van der Waals surface area contributed by atoms with E-state index in [1.807, 2.05) is 6.92 Å². The first-order chi connectivity index (χ1) is 8.38. The molecule has 0 saturated heterocycles. The Hall–Kier alpha value is -0.550. The van der Waals surface area contributed by atoms with Crippen LogP contribution >= 0.6 is 15.9 Å². The second kappa shape index (κ2) is 6.57. The van der Waals surface area contributed by atoms with Crippen molar-refractivity contribution in [3.05, 3.63) is 33.8 Å². The van der Waals surface area contributed by atoms with Gasteiger partial charge in [0.05, 0.1) is 5.56 Å². The summed E-state index contributed by atoms with van der Waals surface area (Å²) in [4.78, 5) is 0. The molecule has 0 aliphatic heterocycles. The molecule has 0 heterocycles. The minimum atomic E-state index is -4.28. The lowest BCUT2D eigenvalue weighted by Gasteiger charge is -2.17. The Balaban J connectivity index is 2.85. The molecule has 1 N–H and O–H groups in total. The van der Waals surface area contributed by atoms with Gasteiger partial charge < -0.3 is 5.32 Å². The lowest BCUT2D eigenvalue weighted by Crippen LogP contribution is -2.30. The number of hydrogen-bond donors (Lipinski definition) is 1. The van der Waals surface area contributed by atoms with Gasteiger partial charge in [0.25, 0.3) is 0 Å². The van der Waals surface area contributed by atoms with Gasteiger partial charge in [-0.1, -0.05) is 35.8 Å². The minimum absolute atomic E-state index is 0.294. The first-order valence-electron chi connectivity index (χ1n) is 5.97. The van der Waals surface area contributed by atoms with E-state index in [1.54, 1.807) is 6.07 Å². The van der Waals surface area contributed by atoms with E-state index in [0.717, 1.165) is 37.1 Å². The molecule has 18 heavy (non-hydrogen) atoms. The van der Waals surface area contributed by atoms with Crippen molar-refractivity contribution in [2.24, 2.45) is 0 Å². The molecule has 0 radical (unpaired) electrons. The van der Waals surface area contributed by atoms with Crippen LogP contribution in [0, 0.1) is 0 Å². The van der Waals surface area contributed by atoms with Crippen LogP contribution in [0.3, 0.4) is 0 Å². The molecule has 0 bridgehead atoms. The van der Waals surface area contributed by atoms with Crippen molar-refractivity contribution in [1.29, 1.82) is 0 Å². The van der Waals surface area contributed by atoms with Gasteiger partial charge in [0.15, 0.2) is 0 Å². The second-order valence-corrected chi connectivity index (χ2v) is 5.03. The monoisotopic (exact) mass is 323 g/mol. The molecule has 1 aromatic carbocycles. The van der Waals surface area contributed by atoms with E-state index in [9.17, 15) is 13.2 Å². The lowest BCUT2D eigenvalue weighted by atomic mass is 10.0. The summed E-state index contributed by atoms with van der Waals surface area (Å²) in [6.45, 7) is 4.94. The Morgan fingerprint density at radius 1 is 1.28 bits per heavy atom. The average molecular weight is 324 g/mol. The molecule has 0 saturated carbocycles. The number of benzene rings is 1. The predicted octanol–water partition coefficient (Wildman–Crippen LogP) is 4.40. The second-order valence-electron chi connectivity index (χ2n) is 4.17. The largest absolute Gasteiger partial charge is 0.416 e.